The standard InChI is InChI=1S/C15H13FN4O/c1-2-9-5-6-17-13(7-9)15(21)18-14-11-4-3-10(16)8-12(11)19-20-14/h3-8H,2H2,1H3,(H2,18,19,20,21). The third-order valence-electron chi connectivity index (χ3n) is 3.22. The van der Waals surface area contributed by atoms with Gasteiger partial charge in [0.15, 0.2) is 5.82 Å². The fourth-order valence-corrected chi connectivity index (χ4v) is 2.08. The highest BCUT2D eigenvalue weighted by molar-refractivity contribution is 6.06. The summed E-state index contributed by atoms with van der Waals surface area (Å²) in [7, 11) is 0. The molecule has 0 bridgehead atoms. The Kier molecular flexibility index (Phi) is 3.35. The highest BCUT2D eigenvalue weighted by Gasteiger charge is 2.12. The molecule has 0 atom stereocenters. The van der Waals surface area contributed by atoms with Crippen LogP contribution in [0.25, 0.3) is 10.9 Å². The Morgan fingerprint density at radius 2 is 2.19 bits per heavy atom. The van der Waals surface area contributed by atoms with E-state index in [-0.39, 0.29) is 11.7 Å². The molecule has 2 aromatic heterocycles. The topological polar surface area (TPSA) is 70.7 Å². The molecule has 0 unspecified atom stereocenters. The average molecular weight is 284 g/mol. The number of benzene rings is 1. The number of fused-ring (bicyclic) bond motifs is 1. The number of aromatic amines is 1. The molecular weight excluding hydrogens is 271 g/mol. The lowest BCUT2D eigenvalue weighted by atomic mass is 10.2. The average Bonchev–Trinajstić information content (AvgIpc) is 2.89. The Balaban J connectivity index is 1.89. The zero-order chi connectivity index (χ0) is 14.8. The lowest BCUT2D eigenvalue weighted by molar-refractivity contribution is 0.102. The summed E-state index contributed by atoms with van der Waals surface area (Å²) in [6.45, 7) is 2.01. The van der Waals surface area contributed by atoms with Crippen LogP contribution in [0.2, 0.25) is 0 Å². The van der Waals surface area contributed by atoms with Crippen molar-refractivity contribution in [1.82, 2.24) is 15.2 Å². The van der Waals surface area contributed by atoms with E-state index in [0.29, 0.717) is 22.4 Å². The molecule has 0 aliphatic carbocycles. The van der Waals surface area contributed by atoms with Crippen molar-refractivity contribution in [1.29, 1.82) is 0 Å². The number of carbonyl (C=O) groups is 1. The van der Waals surface area contributed by atoms with Gasteiger partial charge in [0.05, 0.1) is 5.52 Å². The van der Waals surface area contributed by atoms with E-state index in [0.717, 1.165) is 12.0 Å². The minimum absolute atomic E-state index is 0.326. The van der Waals surface area contributed by atoms with Crippen molar-refractivity contribution in [2.75, 3.05) is 5.32 Å². The van der Waals surface area contributed by atoms with Gasteiger partial charge in [0, 0.05) is 11.6 Å². The Morgan fingerprint density at radius 1 is 1.33 bits per heavy atom. The van der Waals surface area contributed by atoms with Crippen LogP contribution in [0.5, 0.6) is 0 Å². The number of carbonyl (C=O) groups excluding carboxylic acids is 1. The Hall–Kier alpha value is -2.76. The predicted octanol–water partition coefficient (Wildman–Crippen LogP) is 2.91. The van der Waals surface area contributed by atoms with E-state index in [4.69, 9.17) is 0 Å². The van der Waals surface area contributed by atoms with E-state index in [1.807, 2.05) is 13.0 Å². The quantitative estimate of drug-likeness (QED) is 0.777. The van der Waals surface area contributed by atoms with Gasteiger partial charge < -0.3 is 5.32 Å². The lowest BCUT2D eigenvalue weighted by Crippen LogP contribution is -2.14. The first-order valence-electron chi connectivity index (χ1n) is 6.57. The van der Waals surface area contributed by atoms with Crippen LogP contribution in [-0.4, -0.2) is 21.1 Å². The Labute approximate surface area is 120 Å². The number of nitrogens with zero attached hydrogens (tertiary/aromatic N) is 2. The molecule has 3 aromatic rings. The van der Waals surface area contributed by atoms with E-state index in [2.05, 4.69) is 20.5 Å². The van der Waals surface area contributed by atoms with Gasteiger partial charge in [-0.2, -0.15) is 5.10 Å². The molecular formula is C15H13FN4O. The number of anilines is 1. The Morgan fingerprint density at radius 3 is 3.00 bits per heavy atom. The largest absolute Gasteiger partial charge is 0.303 e. The SMILES string of the molecule is CCc1ccnc(C(=O)Nc2n[nH]c3cc(F)ccc23)c1. The number of amides is 1. The molecule has 106 valence electrons. The summed E-state index contributed by atoms with van der Waals surface area (Å²) in [5.74, 6) is -0.344. The molecule has 0 fully saturated rings. The number of rotatable bonds is 3. The minimum Gasteiger partial charge on any atom is -0.303 e. The Bertz CT molecular complexity index is 812. The van der Waals surface area contributed by atoms with E-state index in [1.165, 1.54) is 12.1 Å². The number of H-pyrrole nitrogens is 1. The molecule has 0 radical (unpaired) electrons. The van der Waals surface area contributed by atoms with E-state index in [9.17, 15) is 9.18 Å². The van der Waals surface area contributed by atoms with Crippen molar-refractivity contribution in [2.24, 2.45) is 0 Å². The monoisotopic (exact) mass is 284 g/mol. The summed E-state index contributed by atoms with van der Waals surface area (Å²) in [5.41, 5.74) is 1.89. The summed E-state index contributed by atoms with van der Waals surface area (Å²) in [5, 5.41) is 10.0. The fourth-order valence-electron chi connectivity index (χ4n) is 2.08. The zero-order valence-electron chi connectivity index (χ0n) is 11.4. The smallest absolute Gasteiger partial charge is 0.275 e. The van der Waals surface area contributed by atoms with Crippen LogP contribution in [0.3, 0.4) is 0 Å². The normalized spacial score (nSPS) is 10.8. The van der Waals surface area contributed by atoms with Crippen LogP contribution in [0.15, 0.2) is 36.5 Å². The maximum Gasteiger partial charge on any atom is 0.275 e. The summed E-state index contributed by atoms with van der Waals surface area (Å²) < 4.78 is 13.1. The van der Waals surface area contributed by atoms with Crippen LogP contribution in [0.1, 0.15) is 23.0 Å². The molecule has 2 heterocycles. The van der Waals surface area contributed by atoms with Crippen LogP contribution >= 0.6 is 0 Å². The van der Waals surface area contributed by atoms with Crippen molar-refractivity contribution in [3.8, 4) is 0 Å². The first kappa shape index (κ1) is 13.2. The molecule has 6 heteroatoms. The van der Waals surface area contributed by atoms with Crippen LogP contribution in [0, 0.1) is 5.82 Å². The van der Waals surface area contributed by atoms with Crippen LogP contribution in [-0.2, 0) is 6.42 Å². The lowest BCUT2D eigenvalue weighted by Gasteiger charge is -2.03. The minimum atomic E-state index is -0.360. The molecule has 21 heavy (non-hydrogen) atoms. The number of hydrogen-bond donors (Lipinski definition) is 2. The van der Waals surface area contributed by atoms with Crippen LogP contribution < -0.4 is 5.32 Å². The van der Waals surface area contributed by atoms with Gasteiger partial charge in [-0.1, -0.05) is 6.92 Å². The van der Waals surface area contributed by atoms with Gasteiger partial charge in [0.25, 0.3) is 5.91 Å². The molecule has 3 rings (SSSR count). The number of nitrogens with one attached hydrogen (secondary N) is 2. The summed E-state index contributed by atoms with van der Waals surface area (Å²) in [6, 6.07) is 7.82. The van der Waals surface area contributed by atoms with E-state index < -0.39 is 0 Å². The van der Waals surface area contributed by atoms with Crippen molar-refractivity contribution < 1.29 is 9.18 Å². The van der Waals surface area contributed by atoms with Gasteiger partial charge >= 0.3 is 0 Å². The first-order valence-corrected chi connectivity index (χ1v) is 6.57. The third-order valence-corrected chi connectivity index (χ3v) is 3.22. The van der Waals surface area contributed by atoms with Crippen molar-refractivity contribution >= 4 is 22.6 Å². The molecule has 0 saturated carbocycles. The van der Waals surface area contributed by atoms with Gasteiger partial charge in [-0.3, -0.25) is 14.9 Å². The van der Waals surface area contributed by atoms with Crippen molar-refractivity contribution in [2.45, 2.75) is 13.3 Å². The van der Waals surface area contributed by atoms with E-state index >= 15 is 0 Å². The number of aromatic nitrogens is 3. The number of hydrogen-bond acceptors (Lipinski definition) is 3. The summed E-state index contributed by atoms with van der Waals surface area (Å²) in [4.78, 5) is 16.2. The zero-order valence-corrected chi connectivity index (χ0v) is 11.4. The second kappa shape index (κ2) is 5.32. The first-order chi connectivity index (χ1) is 10.2. The predicted molar refractivity (Wildman–Crippen MR) is 77.6 cm³/mol. The van der Waals surface area contributed by atoms with Gasteiger partial charge in [-0.25, -0.2) is 4.39 Å². The van der Waals surface area contributed by atoms with Crippen molar-refractivity contribution in [3.63, 3.8) is 0 Å². The number of pyridine rings is 1. The van der Waals surface area contributed by atoms with E-state index in [1.54, 1.807) is 18.3 Å². The highest BCUT2D eigenvalue weighted by atomic mass is 19.1. The number of aryl methyl sites for hydroxylation is 1. The maximum atomic E-state index is 13.1. The number of halogens is 1. The van der Waals surface area contributed by atoms with Gasteiger partial charge in [0.2, 0.25) is 0 Å². The maximum absolute atomic E-state index is 13.1. The summed E-state index contributed by atoms with van der Waals surface area (Å²) in [6.07, 6.45) is 2.43. The van der Waals surface area contributed by atoms with Crippen LogP contribution in [0.4, 0.5) is 10.2 Å². The fraction of sp³-hybridized carbons (Fsp3) is 0.133. The molecule has 1 aromatic carbocycles. The molecule has 0 aliphatic heterocycles. The molecule has 5 nitrogen and oxygen atoms in total. The summed E-state index contributed by atoms with van der Waals surface area (Å²) >= 11 is 0. The van der Waals surface area contributed by atoms with Gasteiger partial charge in [-0.15, -0.1) is 0 Å². The second-order valence-corrected chi connectivity index (χ2v) is 4.62. The second-order valence-electron chi connectivity index (χ2n) is 4.62. The highest BCUT2D eigenvalue weighted by Crippen LogP contribution is 2.21. The molecule has 0 spiro atoms. The molecule has 2 N–H and O–H groups in total. The molecule has 0 saturated heterocycles. The van der Waals surface area contributed by atoms with Gasteiger partial charge in [-0.05, 0) is 42.3 Å². The van der Waals surface area contributed by atoms with Crippen molar-refractivity contribution in [3.05, 3.63) is 53.6 Å². The molecule has 0 aliphatic rings. The third kappa shape index (κ3) is 2.60. The molecule has 1 amide bonds. The van der Waals surface area contributed by atoms with Gasteiger partial charge in [0.1, 0.15) is 11.5 Å².